The second-order valence-electron chi connectivity index (χ2n) is 7.00. The molecule has 28 heavy (non-hydrogen) atoms. The molecule has 1 heterocycles. The van der Waals surface area contributed by atoms with Gasteiger partial charge in [-0.3, -0.25) is 4.68 Å². The molecule has 0 bridgehead atoms. The summed E-state index contributed by atoms with van der Waals surface area (Å²) >= 11 is 0. The molecule has 1 aliphatic rings. The first-order chi connectivity index (χ1) is 13.3. The van der Waals surface area contributed by atoms with Crippen LogP contribution >= 0.6 is 24.0 Å². The first-order valence-electron chi connectivity index (χ1n) is 9.51. The number of nitrogens with one attached hydrogen (secondary N) is 1. The standard InChI is InChI=1S/C22H25N5.HI/c23-22(26-21-11-4-9-19-8-1-2-10-20(19)21)24-15-17-6-3-7-18(14-17)16-27-13-5-12-25-27;/h3-7,9,11-14H,1-2,8,10,15-16H2,(H3,23,24,26);1H. The largest absolute Gasteiger partial charge is 0.370 e. The highest BCUT2D eigenvalue weighted by molar-refractivity contribution is 14.0. The minimum atomic E-state index is 0. The molecule has 0 aliphatic heterocycles. The van der Waals surface area contributed by atoms with Crippen LogP contribution in [0.3, 0.4) is 0 Å². The maximum absolute atomic E-state index is 6.16. The van der Waals surface area contributed by atoms with Gasteiger partial charge in [-0.05, 0) is 60.1 Å². The maximum atomic E-state index is 6.16. The van der Waals surface area contributed by atoms with Gasteiger partial charge in [0.05, 0.1) is 13.1 Å². The van der Waals surface area contributed by atoms with Crippen molar-refractivity contribution in [2.24, 2.45) is 10.7 Å². The van der Waals surface area contributed by atoms with Crippen LogP contribution in [0.2, 0.25) is 0 Å². The van der Waals surface area contributed by atoms with Crippen molar-refractivity contribution in [1.29, 1.82) is 0 Å². The van der Waals surface area contributed by atoms with Crippen LogP contribution in [0.25, 0.3) is 0 Å². The molecule has 0 saturated heterocycles. The van der Waals surface area contributed by atoms with Crippen molar-refractivity contribution in [2.75, 3.05) is 5.32 Å². The van der Waals surface area contributed by atoms with Gasteiger partial charge in [-0.25, -0.2) is 4.99 Å². The van der Waals surface area contributed by atoms with Crippen LogP contribution in [0.5, 0.6) is 0 Å². The van der Waals surface area contributed by atoms with E-state index in [1.165, 1.54) is 29.5 Å². The van der Waals surface area contributed by atoms with Crippen LogP contribution in [0.1, 0.15) is 35.1 Å². The predicted molar refractivity (Wildman–Crippen MR) is 125 cm³/mol. The van der Waals surface area contributed by atoms with Gasteiger partial charge in [-0.2, -0.15) is 5.10 Å². The molecule has 0 amide bonds. The fraction of sp³-hybridized carbons (Fsp3) is 0.273. The third kappa shape index (κ3) is 5.13. The summed E-state index contributed by atoms with van der Waals surface area (Å²) in [4.78, 5) is 4.54. The summed E-state index contributed by atoms with van der Waals surface area (Å²) in [6.07, 6.45) is 8.54. The zero-order valence-corrected chi connectivity index (χ0v) is 18.2. The van der Waals surface area contributed by atoms with Gasteiger partial charge in [0, 0.05) is 18.1 Å². The SMILES string of the molecule is I.NC(=NCc1cccc(Cn2cccn2)c1)Nc1cccc2c1CCCC2. The summed E-state index contributed by atoms with van der Waals surface area (Å²) in [6, 6.07) is 16.7. The fourth-order valence-electron chi connectivity index (χ4n) is 3.66. The Morgan fingerprint density at radius 1 is 1.07 bits per heavy atom. The van der Waals surface area contributed by atoms with Crippen LogP contribution in [0, 0.1) is 0 Å². The summed E-state index contributed by atoms with van der Waals surface area (Å²) < 4.78 is 1.91. The van der Waals surface area contributed by atoms with E-state index in [0.717, 1.165) is 30.6 Å². The number of aliphatic imine (C=N–C) groups is 1. The van der Waals surface area contributed by atoms with E-state index in [1.807, 2.05) is 16.9 Å². The van der Waals surface area contributed by atoms with Crippen molar-refractivity contribution < 1.29 is 0 Å². The second kappa shape index (κ2) is 9.73. The molecule has 0 radical (unpaired) electrons. The summed E-state index contributed by atoms with van der Waals surface area (Å²) in [5.41, 5.74) is 12.4. The van der Waals surface area contributed by atoms with Gasteiger partial charge in [0.2, 0.25) is 0 Å². The topological polar surface area (TPSA) is 68.2 Å². The Morgan fingerprint density at radius 2 is 1.89 bits per heavy atom. The molecule has 1 aromatic heterocycles. The minimum Gasteiger partial charge on any atom is -0.370 e. The highest BCUT2D eigenvalue weighted by atomic mass is 127. The Morgan fingerprint density at radius 3 is 2.75 bits per heavy atom. The van der Waals surface area contributed by atoms with Crippen molar-refractivity contribution in [2.45, 2.75) is 38.8 Å². The first kappa shape index (κ1) is 20.4. The average Bonchev–Trinajstić information content (AvgIpc) is 3.20. The number of fused-ring (bicyclic) bond motifs is 1. The van der Waals surface area contributed by atoms with Crippen LogP contribution in [0.15, 0.2) is 65.9 Å². The normalized spacial score (nSPS) is 13.5. The number of anilines is 1. The molecule has 4 rings (SSSR count). The molecule has 0 unspecified atom stereocenters. The lowest BCUT2D eigenvalue weighted by Crippen LogP contribution is -2.24. The summed E-state index contributed by atoms with van der Waals surface area (Å²) in [5, 5.41) is 7.56. The lowest BCUT2D eigenvalue weighted by Gasteiger charge is -2.19. The zero-order valence-electron chi connectivity index (χ0n) is 15.8. The second-order valence-corrected chi connectivity index (χ2v) is 7.00. The molecular weight excluding hydrogens is 461 g/mol. The third-order valence-electron chi connectivity index (χ3n) is 4.99. The molecule has 3 aromatic rings. The zero-order chi connectivity index (χ0) is 18.5. The average molecular weight is 487 g/mol. The van der Waals surface area contributed by atoms with Crippen molar-refractivity contribution in [1.82, 2.24) is 9.78 Å². The van der Waals surface area contributed by atoms with E-state index in [-0.39, 0.29) is 24.0 Å². The quantitative estimate of drug-likeness (QED) is 0.320. The van der Waals surface area contributed by atoms with E-state index < -0.39 is 0 Å². The van der Waals surface area contributed by atoms with Crippen LogP contribution in [-0.2, 0) is 25.9 Å². The summed E-state index contributed by atoms with van der Waals surface area (Å²) in [6.45, 7) is 1.31. The maximum Gasteiger partial charge on any atom is 0.193 e. The smallest absolute Gasteiger partial charge is 0.193 e. The van der Waals surface area contributed by atoms with E-state index >= 15 is 0 Å². The number of aryl methyl sites for hydroxylation is 1. The van der Waals surface area contributed by atoms with Crippen LogP contribution in [0.4, 0.5) is 5.69 Å². The Kier molecular flexibility index (Phi) is 7.08. The van der Waals surface area contributed by atoms with E-state index in [1.54, 1.807) is 6.20 Å². The van der Waals surface area contributed by atoms with E-state index in [9.17, 15) is 0 Å². The molecule has 6 heteroatoms. The van der Waals surface area contributed by atoms with Gasteiger partial charge in [0.1, 0.15) is 0 Å². The molecule has 1 aliphatic carbocycles. The summed E-state index contributed by atoms with van der Waals surface area (Å²) in [7, 11) is 0. The van der Waals surface area contributed by atoms with Crippen molar-refractivity contribution in [3.63, 3.8) is 0 Å². The molecule has 2 aromatic carbocycles. The van der Waals surface area contributed by atoms with Crippen molar-refractivity contribution in [3.8, 4) is 0 Å². The Bertz CT molecular complexity index is 934. The Labute approximate surface area is 183 Å². The number of benzene rings is 2. The fourth-order valence-corrected chi connectivity index (χ4v) is 3.66. The predicted octanol–water partition coefficient (Wildman–Crippen LogP) is 4.36. The number of rotatable bonds is 5. The molecule has 0 saturated carbocycles. The number of halogens is 1. The van der Waals surface area contributed by atoms with Crippen molar-refractivity contribution >= 4 is 35.6 Å². The molecule has 146 valence electrons. The highest BCUT2D eigenvalue weighted by Crippen LogP contribution is 2.27. The number of nitrogens with zero attached hydrogens (tertiary/aromatic N) is 3. The monoisotopic (exact) mass is 487 g/mol. The molecule has 0 fully saturated rings. The number of hydrogen-bond donors (Lipinski definition) is 2. The molecule has 0 atom stereocenters. The van der Waals surface area contributed by atoms with E-state index in [2.05, 4.69) is 57.9 Å². The minimum absolute atomic E-state index is 0. The number of nitrogens with two attached hydrogens (primary N) is 1. The first-order valence-corrected chi connectivity index (χ1v) is 9.51. The number of guanidine groups is 1. The molecule has 5 nitrogen and oxygen atoms in total. The van der Waals surface area contributed by atoms with Crippen LogP contribution in [-0.4, -0.2) is 15.7 Å². The van der Waals surface area contributed by atoms with Crippen LogP contribution < -0.4 is 11.1 Å². The molecular formula is C22H26IN5. The molecule has 0 spiro atoms. The van der Waals surface area contributed by atoms with Crippen molar-refractivity contribution in [3.05, 3.63) is 83.2 Å². The van der Waals surface area contributed by atoms with E-state index in [0.29, 0.717) is 12.5 Å². The Hall–Kier alpha value is -2.35. The lowest BCUT2D eigenvalue weighted by atomic mass is 9.90. The van der Waals surface area contributed by atoms with Gasteiger partial charge in [-0.15, -0.1) is 24.0 Å². The highest BCUT2D eigenvalue weighted by Gasteiger charge is 2.13. The van der Waals surface area contributed by atoms with Gasteiger partial charge in [0.15, 0.2) is 5.96 Å². The third-order valence-corrected chi connectivity index (χ3v) is 4.99. The summed E-state index contributed by atoms with van der Waals surface area (Å²) in [5.74, 6) is 0.464. The molecule has 3 N–H and O–H groups in total. The lowest BCUT2D eigenvalue weighted by molar-refractivity contribution is 0.686. The van der Waals surface area contributed by atoms with Gasteiger partial charge in [-0.1, -0.05) is 36.4 Å². The number of aromatic nitrogens is 2. The van der Waals surface area contributed by atoms with Gasteiger partial charge in [0.25, 0.3) is 0 Å². The number of hydrogen-bond acceptors (Lipinski definition) is 2. The Balaban J connectivity index is 0.00000225. The van der Waals surface area contributed by atoms with E-state index in [4.69, 9.17) is 5.73 Å². The van der Waals surface area contributed by atoms with Gasteiger partial charge >= 0.3 is 0 Å². The van der Waals surface area contributed by atoms with Gasteiger partial charge < -0.3 is 11.1 Å².